The summed E-state index contributed by atoms with van der Waals surface area (Å²) in [4.78, 5) is 0. The third kappa shape index (κ3) is 3.46. The highest BCUT2D eigenvalue weighted by Crippen LogP contribution is 2.27. The zero-order valence-corrected chi connectivity index (χ0v) is 12.5. The van der Waals surface area contributed by atoms with E-state index in [4.69, 9.17) is 5.84 Å². The largest absolute Gasteiger partial charge is 0.271 e. The first-order valence-electron chi connectivity index (χ1n) is 6.90. The van der Waals surface area contributed by atoms with E-state index in [1.54, 1.807) is 0 Å². The maximum atomic E-state index is 13.8. The van der Waals surface area contributed by atoms with Gasteiger partial charge < -0.3 is 0 Å². The molecular weight excluding hydrogens is 270 g/mol. The Morgan fingerprint density at radius 2 is 1.67 bits per heavy atom. The average Bonchev–Trinajstić information content (AvgIpc) is 2.39. The van der Waals surface area contributed by atoms with E-state index in [0.717, 1.165) is 22.8 Å². The highest BCUT2D eigenvalue weighted by molar-refractivity contribution is 5.40. The van der Waals surface area contributed by atoms with Crippen molar-refractivity contribution in [2.24, 2.45) is 5.84 Å². The number of nitrogens with two attached hydrogens (primary N) is 1. The van der Waals surface area contributed by atoms with Crippen molar-refractivity contribution in [1.82, 2.24) is 5.43 Å². The monoisotopic (exact) mass is 290 g/mol. The van der Waals surface area contributed by atoms with Gasteiger partial charge >= 0.3 is 0 Å². The fraction of sp³-hybridized carbons (Fsp3) is 0.294. The summed E-state index contributed by atoms with van der Waals surface area (Å²) < 4.78 is 26.8. The highest BCUT2D eigenvalue weighted by atomic mass is 19.1. The first-order valence-corrected chi connectivity index (χ1v) is 6.90. The molecule has 2 nitrogen and oxygen atoms in total. The van der Waals surface area contributed by atoms with Crippen molar-refractivity contribution in [2.75, 3.05) is 0 Å². The Morgan fingerprint density at radius 1 is 1.05 bits per heavy atom. The number of aryl methyl sites for hydroxylation is 3. The third-order valence-electron chi connectivity index (χ3n) is 3.73. The van der Waals surface area contributed by atoms with Crippen LogP contribution in [0.25, 0.3) is 0 Å². The van der Waals surface area contributed by atoms with Gasteiger partial charge in [-0.05, 0) is 55.5 Å². The Hall–Kier alpha value is -1.78. The molecule has 0 amide bonds. The minimum Gasteiger partial charge on any atom is -0.271 e. The second-order valence-corrected chi connectivity index (χ2v) is 5.47. The smallest absolute Gasteiger partial charge is 0.129 e. The lowest BCUT2D eigenvalue weighted by molar-refractivity contribution is 0.518. The minimum absolute atomic E-state index is 0.217. The number of rotatable bonds is 4. The van der Waals surface area contributed by atoms with E-state index in [1.807, 2.05) is 20.8 Å². The number of benzene rings is 2. The Balaban J connectivity index is 2.37. The molecule has 2 rings (SSSR count). The number of halogens is 2. The molecule has 112 valence electrons. The summed E-state index contributed by atoms with van der Waals surface area (Å²) in [5.41, 5.74) is 7.65. The van der Waals surface area contributed by atoms with Crippen molar-refractivity contribution in [2.45, 2.75) is 33.2 Å². The SMILES string of the molecule is Cc1cc(C)c(C(Cc2ccc(F)cc2F)NN)c(C)c1. The van der Waals surface area contributed by atoms with Gasteiger partial charge in [0, 0.05) is 6.07 Å². The molecule has 0 radical (unpaired) electrons. The molecule has 0 heterocycles. The molecular formula is C17H20F2N2. The van der Waals surface area contributed by atoms with Crippen LogP contribution in [0.2, 0.25) is 0 Å². The fourth-order valence-corrected chi connectivity index (χ4v) is 2.89. The minimum atomic E-state index is -0.573. The Bertz CT molecular complexity index is 630. The third-order valence-corrected chi connectivity index (χ3v) is 3.73. The molecule has 0 fully saturated rings. The second kappa shape index (κ2) is 6.33. The van der Waals surface area contributed by atoms with Crippen molar-refractivity contribution in [3.05, 3.63) is 69.8 Å². The molecule has 0 saturated heterocycles. The summed E-state index contributed by atoms with van der Waals surface area (Å²) in [6.45, 7) is 6.07. The highest BCUT2D eigenvalue weighted by Gasteiger charge is 2.18. The summed E-state index contributed by atoms with van der Waals surface area (Å²) >= 11 is 0. The van der Waals surface area contributed by atoms with Crippen molar-refractivity contribution in [3.8, 4) is 0 Å². The zero-order chi connectivity index (χ0) is 15.6. The maximum absolute atomic E-state index is 13.8. The van der Waals surface area contributed by atoms with Crippen LogP contribution in [0, 0.1) is 32.4 Å². The standard InChI is InChI=1S/C17H20F2N2/c1-10-6-11(2)17(12(3)7-10)16(21-20)8-13-4-5-14(18)9-15(13)19/h4-7,9,16,21H,8,20H2,1-3H3. The number of nitrogens with one attached hydrogen (secondary N) is 1. The van der Waals surface area contributed by atoms with Gasteiger partial charge in [0.15, 0.2) is 0 Å². The van der Waals surface area contributed by atoms with Crippen molar-refractivity contribution in [3.63, 3.8) is 0 Å². The molecule has 0 spiro atoms. The number of hydrogen-bond acceptors (Lipinski definition) is 2. The normalized spacial score (nSPS) is 12.5. The number of hydrogen-bond donors (Lipinski definition) is 2. The van der Waals surface area contributed by atoms with Gasteiger partial charge in [0.05, 0.1) is 6.04 Å². The van der Waals surface area contributed by atoms with Crippen LogP contribution in [0.1, 0.15) is 33.9 Å². The van der Waals surface area contributed by atoms with Gasteiger partial charge in [0.1, 0.15) is 11.6 Å². The fourth-order valence-electron chi connectivity index (χ4n) is 2.89. The molecule has 3 N–H and O–H groups in total. The quantitative estimate of drug-likeness (QED) is 0.666. The molecule has 0 aromatic heterocycles. The van der Waals surface area contributed by atoms with Gasteiger partial charge in [-0.15, -0.1) is 0 Å². The molecule has 4 heteroatoms. The van der Waals surface area contributed by atoms with Crippen molar-refractivity contribution >= 4 is 0 Å². The molecule has 0 aliphatic heterocycles. The summed E-state index contributed by atoms with van der Waals surface area (Å²) in [5, 5.41) is 0. The summed E-state index contributed by atoms with van der Waals surface area (Å²) in [6, 6.07) is 7.57. The van der Waals surface area contributed by atoms with Gasteiger partial charge in [-0.3, -0.25) is 11.3 Å². The molecule has 1 unspecified atom stereocenters. The van der Waals surface area contributed by atoms with Crippen LogP contribution in [0.5, 0.6) is 0 Å². The van der Waals surface area contributed by atoms with Crippen LogP contribution in [-0.2, 0) is 6.42 Å². The molecule has 21 heavy (non-hydrogen) atoms. The topological polar surface area (TPSA) is 38.0 Å². The van der Waals surface area contributed by atoms with Gasteiger partial charge in [0.25, 0.3) is 0 Å². The molecule has 1 atom stereocenters. The lowest BCUT2D eigenvalue weighted by Gasteiger charge is -2.22. The Morgan fingerprint density at radius 3 is 2.19 bits per heavy atom. The van der Waals surface area contributed by atoms with Gasteiger partial charge in [-0.25, -0.2) is 8.78 Å². The molecule has 0 aliphatic rings. The van der Waals surface area contributed by atoms with Gasteiger partial charge in [-0.2, -0.15) is 0 Å². The maximum Gasteiger partial charge on any atom is 0.129 e. The molecule has 0 bridgehead atoms. The predicted molar refractivity (Wildman–Crippen MR) is 80.8 cm³/mol. The van der Waals surface area contributed by atoms with Crippen LogP contribution < -0.4 is 11.3 Å². The van der Waals surface area contributed by atoms with Crippen molar-refractivity contribution < 1.29 is 8.78 Å². The Labute approximate surface area is 124 Å². The van der Waals surface area contributed by atoms with Gasteiger partial charge in [-0.1, -0.05) is 23.8 Å². The second-order valence-electron chi connectivity index (χ2n) is 5.47. The summed E-state index contributed by atoms with van der Waals surface area (Å²) in [7, 11) is 0. The van der Waals surface area contributed by atoms with Crippen molar-refractivity contribution in [1.29, 1.82) is 0 Å². The zero-order valence-electron chi connectivity index (χ0n) is 12.5. The number of hydrazine groups is 1. The van der Waals surface area contributed by atoms with E-state index >= 15 is 0 Å². The molecule has 0 saturated carbocycles. The van der Waals surface area contributed by atoms with Crippen LogP contribution in [0.3, 0.4) is 0 Å². The van der Waals surface area contributed by atoms with Crippen LogP contribution in [-0.4, -0.2) is 0 Å². The lowest BCUT2D eigenvalue weighted by atomic mass is 9.90. The average molecular weight is 290 g/mol. The van der Waals surface area contributed by atoms with Crippen LogP contribution in [0.4, 0.5) is 8.78 Å². The summed E-state index contributed by atoms with van der Waals surface area (Å²) in [6.07, 6.45) is 0.368. The molecule has 2 aromatic rings. The first kappa shape index (κ1) is 15.6. The Kier molecular flexibility index (Phi) is 4.70. The molecule has 0 aliphatic carbocycles. The van der Waals surface area contributed by atoms with E-state index in [0.29, 0.717) is 12.0 Å². The molecule has 2 aromatic carbocycles. The van der Waals surface area contributed by atoms with Crippen LogP contribution >= 0.6 is 0 Å². The van der Waals surface area contributed by atoms with Gasteiger partial charge in [0.2, 0.25) is 0 Å². The first-order chi connectivity index (χ1) is 9.92. The van der Waals surface area contributed by atoms with E-state index in [-0.39, 0.29) is 6.04 Å². The lowest BCUT2D eigenvalue weighted by Crippen LogP contribution is -2.31. The van der Waals surface area contributed by atoms with Crippen LogP contribution in [0.15, 0.2) is 30.3 Å². The van der Waals surface area contributed by atoms with E-state index in [1.165, 1.54) is 17.7 Å². The van der Waals surface area contributed by atoms with E-state index in [9.17, 15) is 8.78 Å². The summed E-state index contributed by atoms with van der Waals surface area (Å²) in [5.74, 6) is 4.55. The van der Waals surface area contributed by atoms with E-state index < -0.39 is 11.6 Å². The van der Waals surface area contributed by atoms with E-state index in [2.05, 4.69) is 17.6 Å². The predicted octanol–water partition coefficient (Wildman–Crippen LogP) is 3.64.